The number of esters is 2. The number of carbonyl (C=O) groups excluding carboxylic acids is 2. The van der Waals surface area contributed by atoms with Crippen LogP contribution in [0.1, 0.15) is 70.5 Å². The maximum atomic E-state index is 12.7. The molecule has 0 aromatic carbocycles. The fourth-order valence-corrected chi connectivity index (χ4v) is 5.11. The molecule has 1 aromatic heterocycles. The molecule has 4 atom stereocenters. The first-order valence-corrected chi connectivity index (χ1v) is 14.4. The molecule has 0 saturated heterocycles. The number of rotatable bonds is 5. The summed E-state index contributed by atoms with van der Waals surface area (Å²) in [7, 11) is 4.07. The summed E-state index contributed by atoms with van der Waals surface area (Å²) in [6, 6.07) is -0.312. The zero-order valence-corrected chi connectivity index (χ0v) is 25.3. The predicted octanol–water partition coefficient (Wildman–Crippen LogP) is 5.66. The van der Waals surface area contributed by atoms with Crippen molar-refractivity contribution in [1.29, 1.82) is 0 Å². The Morgan fingerprint density at radius 2 is 1.85 bits per heavy atom. The molecule has 214 valence electrons. The Hall–Kier alpha value is -2.81. The Labute approximate surface area is 238 Å². The van der Waals surface area contributed by atoms with Gasteiger partial charge in [0, 0.05) is 42.8 Å². The molecule has 0 radical (unpaired) electrons. The first-order valence-electron chi connectivity index (χ1n) is 13.5. The summed E-state index contributed by atoms with van der Waals surface area (Å²) >= 11 is 1.54. The number of likely N-dealkylation sites (N-methyl/N-ethyl adjacent to an activating group) is 1. The van der Waals surface area contributed by atoms with Gasteiger partial charge in [-0.1, -0.05) is 54.0 Å². The highest BCUT2D eigenvalue weighted by Crippen LogP contribution is 2.25. The van der Waals surface area contributed by atoms with Gasteiger partial charge in [0.1, 0.15) is 12.2 Å². The van der Waals surface area contributed by atoms with Crippen LogP contribution < -0.4 is 5.73 Å². The molecule has 8 heteroatoms. The molecule has 0 aliphatic carbocycles. The summed E-state index contributed by atoms with van der Waals surface area (Å²) in [5, 5.41) is 2.90. The molecule has 0 spiro atoms. The molecule has 1 aliphatic rings. The number of aromatic nitrogens is 1. The normalized spacial score (nSPS) is 27.3. The summed E-state index contributed by atoms with van der Waals surface area (Å²) in [4.78, 5) is 32.0. The summed E-state index contributed by atoms with van der Waals surface area (Å²) in [5.74, 6) is -0.635. The van der Waals surface area contributed by atoms with E-state index in [0.29, 0.717) is 19.3 Å². The van der Waals surface area contributed by atoms with E-state index in [4.69, 9.17) is 20.2 Å². The summed E-state index contributed by atoms with van der Waals surface area (Å²) in [6.45, 7) is 10.8. The van der Waals surface area contributed by atoms with Crippen LogP contribution in [0.4, 0.5) is 0 Å². The van der Waals surface area contributed by atoms with Crippen molar-refractivity contribution in [3.8, 4) is 0 Å². The molecular weight excluding hydrogens is 510 g/mol. The number of cyclic esters (lactones) is 2. The van der Waals surface area contributed by atoms with E-state index in [1.54, 1.807) is 17.4 Å². The largest absolute Gasteiger partial charge is 0.462 e. The van der Waals surface area contributed by atoms with Gasteiger partial charge in [-0.05, 0) is 54.3 Å². The van der Waals surface area contributed by atoms with Crippen molar-refractivity contribution < 1.29 is 19.1 Å². The Morgan fingerprint density at radius 3 is 2.56 bits per heavy atom. The monoisotopic (exact) mass is 555 g/mol. The highest BCUT2D eigenvalue weighted by atomic mass is 32.1. The van der Waals surface area contributed by atoms with Gasteiger partial charge >= 0.3 is 11.9 Å². The fraction of sp³-hybridized carbons (Fsp3) is 0.516. The second-order valence-corrected chi connectivity index (χ2v) is 11.7. The molecule has 1 aliphatic heterocycles. The van der Waals surface area contributed by atoms with Gasteiger partial charge in [-0.15, -0.1) is 11.3 Å². The van der Waals surface area contributed by atoms with Crippen LogP contribution in [0.25, 0.3) is 0 Å². The lowest BCUT2D eigenvalue weighted by Gasteiger charge is -2.18. The number of hydrogen-bond donors (Lipinski definition) is 1. The van der Waals surface area contributed by atoms with Crippen molar-refractivity contribution in [2.45, 2.75) is 84.5 Å². The maximum absolute atomic E-state index is 12.7. The number of nitrogens with zero attached hydrogens (tertiary/aromatic N) is 2. The van der Waals surface area contributed by atoms with Crippen LogP contribution in [0, 0.1) is 0 Å². The first kappa shape index (κ1) is 32.4. The molecule has 0 fully saturated rings. The van der Waals surface area contributed by atoms with E-state index >= 15 is 0 Å². The average Bonchev–Trinajstić information content (AvgIpc) is 3.29. The Kier molecular flexibility index (Phi) is 13.6. The number of ether oxygens (including phenoxy) is 2. The minimum atomic E-state index is -0.465. The molecule has 1 unspecified atom stereocenters. The Balaban J connectivity index is 2.30. The lowest BCUT2D eigenvalue weighted by atomic mass is 9.98. The van der Waals surface area contributed by atoms with Crippen LogP contribution in [0.15, 0.2) is 64.6 Å². The quantitative estimate of drug-likeness (QED) is 0.370. The molecule has 7 nitrogen and oxygen atoms in total. The number of fused-ring (bicyclic) bond motifs is 2. The molecule has 2 heterocycles. The molecule has 2 N–H and O–H groups in total. The third-order valence-corrected chi connectivity index (χ3v) is 7.08. The van der Waals surface area contributed by atoms with Crippen molar-refractivity contribution in [3.63, 3.8) is 0 Å². The summed E-state index contributed by atoms with van der Waals surface area (Å²) in [5.41, 5.74) is 10.4. The topological polar surface area (TPSA) is 94.8 Å². The third kappa shape index (κ3) is 13.2. The van der Waals surface area contributed by atoms with Crippen LogP contribution in [-0.2, 0) is 25.5 Å². The van der Waals surface area contributed by atoms with Gasteiger partial charge in [-0.25, -0.2) is 9.78 Å². The van der Waals surface area contributed by atoms with Gasteiger partial charge in [-0.2, -0.15) is 0 Å². The van der Waals surface area contributed by atoms with Gasteiger partial charge in [0.05, 0.1) is 17.1 Å². The van der Waals surface area contributed by atoms with E-state index in [1.807, 2.05) is 58.5 Å². The van der Waals surface area contributed by atoms with Crippen LogP contribution in [-0.4, -0.2) is 60.7 Å². The van der Waals surface area contributed by atoms with Gasteiger partial charge in [0.2, 0.25) is 0 Å². The van der Waals surface area contributed by atoms with E-state index in [9.17, 15) is 9.59 Å². The standard InChI is InChI=1S/C31H45N3O4S/c1-21(13-14-34(6)7)11-12-23(3)16-27-19-29-33-28(20-39-29)24(4)17-26(32)18-31(36)37-25(5)15-22(2)9-8-10-30(35)38-27/h8-13,16,20,24-27H,14-15,17-19,32H2,1-7H3/b10-8+,12-11+,21-13+,22-9+,23-16+/t24-,25-,26+,27?/m0/s1. The van der Waals surface area contributed by atoms with Crippen molar-refractivity contribution in [2.24, 2.45) is 5.73 Å². The number of hydrogen-bond acceptors (Lipinski definition) is 8. The molecule has 0 saturated carbocycles. The molecule has 2 rings (SSSR count). The van der Waals surface area contributed by atoms with Crippen molar-refractivity contribution in [3.05, 3.63) is 75.3 Å². The minimum Gasteiger partial charge on any atom is -0.462 e. The molecular formula is C31H45N3O4S. The highest BCUT2D eigenvalue weighted by Gasteiger charge is 2.20. The highest BCUT2D eigenvalue weighted by molar-refractivity contribution is 7.09. The predicted molar refractivity (Wildman–Crippen MR) is 160 cm³/mol. The second-order valence-electron chi connectivity index (χ2n) is 10.8. The lowest BCUT2D eigenvalue weighted by Crippen LogP contribution is -2.28. The summed E-state index contributed by atoms with van der Waals surface area (Å²) in [6.07, 6.45) is 14.2. The van der Waals surface area contributed by atoms with Crippen LogP contribution in [0.3, 0.4) is 0 Å². The second kappa shape index (κ2) is 16.3. The fourth-order valence-electron chi connectivity index (χ4n) is 4.15. The maximum Gasteiger partial charge on any atom is 0.331 e. The van der Waals surface area contributed by atoms with Crippen molar-refractivity contribution >= 4 is 23.3 Å². The summed E-state index contributed by atoms with van der Waals surface area (Å²) < 4.78 is 11.4. The van der Waals surface area contributed by atoms with Crippen molar-refractivity contribution in [2.75, 3.05) is 20.6 Å². The number of nitrogens with two attached hydrogens (primary N) is 1. The third-order valence-electron chi connectivity index (χ3n) is 6.19. The Bertz CT molecular complexity index is 1110. The van der Waals surface area contributed by atoms with Gasteiger partial charge < -0.3 is 20.1 Å². The van der Waals surface area contributed by atoms with Crippen LogP contribution >= 0.6 is 11.3 Å². The number of carbonyl (C=O) groups is 2. The Morgan fingerprint density at radius 1 is 1.13 bits per heavy atom. The van der Waals surface area contributed by atoms with Crippen LogP contribution in [0.5, 0.6) is 0 Å². The lowest BCUT2D eigenvalue weighted by molar-refractivity contribution is -0.148. The zero-order chi connectivity index (χ0) is 28.9. The number of thiazole rings is 1. The molecule has 1 aromatic rings. The molecule has 39 heavy (non-hydrogen) atoms. The van der Waals surface area contributed by atoms with E-state index in [1.165, 1.54) is 6.08 Å². The van der Waals surface area contributed by atoms with E-state index in [0.717, 1.165) is 34.0 Å². The average molecular weight is 556 g/mol. The first-order chi connectivity index (χ1) is 18.4. The molecule has 2 bridgehead atoms. The van der Waals surface area contributed by atoms with Gasteiger partial charge in [-0.3, -0.25) is 4.79 Å². The van der Waals surface area contributed by atoms with Crippen molar-refractivity contribution in [1.82, 2.24) is 9.88 Å². The van der Waals surface area contributed by atoms with E-state index < -0.39 is 12.1 Å². The number of allylic oxidation sites excluding steroid dienone is 6. The van der Waals surface area contributed by atoms with E-state index in [2.05, 4.69) is 30.9 Å². The molecule has 0 amide bonds. The van der Waals surface area contributed by atoms with E-state index in [-0.39, 0.29) is 30.5 Å². The zero-order valence-electron chi connectivity index (χ0n) is 24.5. The SMILES string of the molecule is CC(/C=C/C(C)=C/C1Cc2nc(cs2)[C@@H](C)C[C@@H](N)CC(=O)O[C@@H](C)C/C(C)=C/C=C/C(=O)O1)=C\CN(C)C. The van der Waals surface area contributed by atoms with Crippen LogP contribution in [0.2, 0.25) is 0 Å². The smallest absolute Gasteiger partial charge is 0.331 e. The van der Waals surface area contributed by atoms with Gasteiger partial charge in [0.15, 0.2) is 0 Å². The minimum absolute atomic E-state index is 0.0866. The van der Waals surface area contributed by atoms with Gasteiger partial charge in [0.25, 0.3) is 0 Å².